The molecule has 1 amide bonds. The van der Waals surface area contributed by atoms with Crippen LogP contribution in [0, 0.1) is 11.3 Å². The third-order valence-corrected chi connectivity index (χ3v) is 7.15. The molecule has 1 fully saturated rings. The van der Waals surface area contributed by atoms with Gasteiger partial charge in [-0.15, -0.1) is 0 Å². The number of quaternary nitrogens is 1. The fourth-order valence-corrected chi connectivity index (χ4v) is 5.23. The maximum absolute atomic E-state index is 13.4. The Balaban J connectivity index is 1.24. The van der Waals surface area contributed by atoms with Crippen LogP contribution in [0.3, 0.4) is 0 Å². The number of ether oxygens (including phenoxy) is 2. The van der Waals surface area contributed by atoms with Crippen LogP contribution in [-0.2, 0) is 6.54 Å². The summed E-state index contributed by atoms with van der Waals surface area (Å²) in [6.45, 7) is 4.41. The van der Waals surface area contributed by atoms with Gasteiger partial charge < -0.3 is 19.3 Å². The van der Waals surface area contributed by atoms with E-state index in [2.05, 4.69) is 18.2 Å². The lowest BCUT2D eigenvalue weighted by Crippen LogP contribution is -3.13. The topological polar surface area (TPSA) is 67.0 Å². The summed E-state index contributed by atoms with van der Waals surface area (Å²) >= 11 is 1.47. The van der Waals surface area contributed by atoms with Gasteiger partial charge in [-0.1, -0.05) is 36.0 Å². The van der Waals surface area contributed by atoms with Crippen molar-refractivity contribution in [3.63, 3.8) is 0 Å². The average molecular weight is 459 g/mol. The Labute approximate surface area is 197 Å². The van der Waals surface area contributed by atoms with Gasteiger partial charge in [0.1, 0.15) is 12.6 Å². The molecule has 0 bridgehead atoms. The van der Waals surface area contributed by atoms with Gasteiger partial charge in [-0.05, 0) is 42.5 Å². The summed E-state index contributed by atoms with van der Waals surface area (Å²) in [4.78, 5) is 18.5. The zero-order valence-corrected chi connectivity index (χ0v) is 18.9. The maximum Gasteiger partial charge on any atom is 0.255 e. The summed E-state index contributed by atoms with van der Waals surface area (Å²) in [6, 6.07) is 23.5. The number of fused-ring (bicyclic) bond motifs is 1. The van der Waals surface area contributed by atoms with Crippen molar-refractivity contribution in [2.24, 2.45) is 0 Å². The Kier molecular flexibility index (Phi) is 6.20. The molecule has 166 valence electrons. The fraction of sp³-hybridized carbons (Fsp3) is 0.231. The summed E-state index contributed by atoms with van der Waals surface area (Å²) in [5.41, 5.74) is 2.52. The largest absolute Gasteiger partial charge is 0.454 e. The molecule has 0 spiro atoms. The van der Waals surface area contributed by atoms with Crippen molar-refractivity contribution in [1.29, 1.82) is 5.26 Å². The van der Waals surface area contributed by atoms with Crippen LogP contribution in [0.4, 0.5) is 0 Å². The highest BCUT2D eigenvalue weighted by atomic mass is 32.2. The number of hydrogen-bond acceptors (Lipinski definition) is 5. The summed E-state index contributed by atoms with van der Waals surface area (Å²) in [7, 11) is 0. The van der Waals surface area contributed by atoms with Gasteiger partial charge in [-0.3, -0.25) is 4.79 Å². The minimum atomic E-state index is 0.0506. The van der Waals surface area contributed by atoms with Crippen molar-refractivity contribution in [1.82, 2.24) is 4.90 Å². The monoisotopic (exact) mass is 458 g/mol. The van der Waals surface area contributed by atoms with Crippen molar-refractivity contribution in [3.05, 3.63) is 83.4 Å². The highest BCUT2D eigenvalue weighted by Gasteiger charge is 2.26. The number of piperazine rings is 1. The first-order valence-electron chi connectivity index (χ1n) is 11.0. The van der Waals surface area contributed by atoms with Crippen molar-refractivity contribution >= 4 is 17.7 Å². The molecule has 5 rings (SSSR count). The van der Waals surface area contributed by atoms with E-state index < -0.39 is 0 Å². The fourth-order valence-electron chi connectivity index (χ4n) is 4.21. The molecule has 1 saturated heterocycles. The van der Waals surface area contributed by atoms with Crippen LogP contribution < -0.4 is 14.4 Å². The molecule has 1 N–H and O–H groups in total. The second-order valence-electron chi connectivity index (χ2n) is 8.11. The number of carbonyl (C=O) groups is 1. The SMILES string of the molecule is N#Cc1ccccc1Sc1ccccc1C(=O)N1CC[NH+](Cc2ccc3c(c2)OCO3)CC1. The molecule has 0 aliphatic carbocycles. The summed E-state index contributed by atoms with van der Waals surface area (Å²) in [6.07, 6.45) is 0. The predicted molar refractivity (Wildman–Crippen MR) is 125 cm³/mol. The first-order valence-corrected chi connectivity index (χ1v) is 11.8. The van der Waals surface area contributed by atoms with Gasteiger partial charge in [0.15, 0.2) is 11.5 Å². The van der Waals surface area contributed by atoms with Crippen LogP contribution in [0.25, 0.3) is 0 Å². The lowest BCUT2D eigenvalue weighted by Gasteiger charge is -2.32. The Bertz CT molecular complexity index is 1220. The normalized spacial score (nSPS) is 15.3. The molecule has 3 aromatic rings. The second kappa shape index (κ2) is 9.57. The third-order valence-electron chi connectivity index (χ3n) is 5.99. The first-order chi connectivity index (χ1) is 16.2. The maximum atomic E-state index is 13.4. The number of nitrogens with one attached hydrogen (secondary N) is 1. The molecule has 0 saturated carbocycles. The molecule has 3 aromatic carbocycles. The Morgan fingerprint density at radius 1 is 0.970 bits per heavy atom. The van der Waals surface area contributed by atoms with Crippen molar-refractivity contribution in [3.8, 4) is 17.6 Å². The predicted octanol–water partition coefficient (Wildman–Crippen LogP) is 2.98. The van der Waals surface area contributed by atoms with Gasteiger partial charge >= 0.3 is 0 Å². The van der Waals surface area contributed by atoms with Crippen LogP contribution in [0.15, 0.2) is 76.5 Å². The molecular formula is C26H24N3O3S+. The number of amides is 1. The highest BCUT2D eigenvalue weighted by Crippen LogP contribution is 2.33. The molecule has 0 aromatic heterocycles. The van der Waals surface area contributed by atoms with Gasteiger partial charge in [0, 0.05) is 15.4 Å². The number of carbonyl (C=O) groups excluding carboxylic acids is 1. The van der Waals surface area contributed by atoms with E-state index in [1.807, 2.05) is 53.4 Å². The molecule has 0 atom stereocenters. The van der Waals surface area contributed by atoms with Gasteiger partial charge in [0.2, 0.25) is 6.79 Å². The van der Waals surface area contributed by atoms with Crippen LogP contribution in [0.5, 0.6) is 11.5 Å². The zero-order valence-electron chi connectivity index (χ0n) is 18.1. The molecule has 2 aliphatic rings. The molecule has 6 nitrogen and oxygen atoms in total. The summed E-state index contributed by atoms with van der Waals surface area (Å²) < 4.78 is 10.9. The van der Waals surface area contributed by atoms with Crippen LogP contribution in [-0.4, -0.2) is 43.8 Å². The third kappa shape index (κ3) is 4.68. The van der Waals surface area contributed by atoms with Crippen LogP contribution in [0.1, 0.15) is 21.5 Å². The van der Waals surface area contributed by atoms with E-state index >= 15 is 0 Å². The van der Waals surface area contributed by atoms with E-state index in [-0.39, 0.29) is 12.7 Å². The van der Waals surface area contributed by atoms with E-state index in [1.54, 1.807) is 6.07 Å². The summed E-state index contributed by atoms with van der Waals surface area (Å²) in [5.74, 6) is 1.67. The minimum absolute atomic E-state index is 0.0506. The molecule has 7 heteroatoms. The Morgan fingerprint density at radius 2 is 1.70 bits per heavy atom. The number of nitrogens with zero attached hydrogens (tertiary/aromatic N) is 2. The van der Waals surface area contributed by atoms with E-state index in [4.69, 9.17) is 9.47 Å². The standard InChI is InChI=1S/C26H23N3O3S/c27-16-20-5-1-3-7-24(20)33-25-8-4-2-6-21(25)26(30)29-13-11-28(12-14-29)17-19-9-10-22-23(15-19)32-18-31-22/h1-10,15H,11-14,17-18H2/p+1. The summed E-state index contributed by atoms with van der Waals surface area (Å²) in [5, 5.41) is 9.40. The number of benzene rings is 3. The van der Waals surface area contributed by atoms with Crippen LogP contribution in [0.2, 0.25) is 0 Å². The van der Waals surface area contributed by atoms with Crippen LogP contribution >= 0.6 is 11.8 Å². The van der Waals surface area contributed by atoms with Gasteiger partial charge in [-0.2, -0.15) is 5.26 Å². The first kappa shape index (κ1) is 21.4. The molecule has 33 heavy (non-hydrogen) atoms. The number of rotatable bonds is 5. The van der Waals surface area contributed by atoms with Crippen molar-refractivity contribution in [2.75, 3.05) is 33.0 Å². The lowest BCUT2D eigenvalue weighted by molar-refractivity contribution is -0.917. The molecule has 0 unspecified atom stereocenters. The van der Waals surface area contributed by atoms with E-state index in [1.165, 1.54) is 22.2 Å². The quantitative estimate of drug-likeness (QED) is 0.637. The highest BCUT2D eigenvalue weighted by molar-refractivity contribution is 7.99. The van der Waals surface area contributed by atoms with E-state index in [9.17, 15) is 10.1 Å². The molecule has 2 aliphatic heterocycles. The number of nitriles is 1. The van der Waals surface area contributed by atoms with Crippen molar-refractivity contribution in [2.45, 2.75) is 16.3 Å². The van der Waals surface area contributed by atoms with E-state index in [0.29, 0.717) is 24.2 Å². The van der Waals surface area contributed by atoms with E-state index in [0.717, 1.165) is 40.9 Å². The minimum Gasteiger partial charge on any atom is -0.454 e. The van der Waals surface area contributed by atoms with Crippen molar-refractivity contribution < 1.29 is 19.2 Å². The molecular weight excluding hydrogens is 434 g/mol. The molecule has 2 heterocycles. The zero-order chi connectivity index (χ0) is 22.6. The second-order valence-corrected chi connectivity index (χ2v) is 9.20. The van der Waals surface area contributed by atoms with Gasteiger partial charge in [-0.25, -0.2) is 0 Å². The average Bonchev–Trinajstić information content (AvgIpc) is 3.33. The van der Waals surface area contributed by atoms with Gasteiger partial charge in [0.05, 0.1) is 37.3 Å². The number of hydrogen-bond donors (Lipinski definition) is 1. The van der Waals surface area contributed by atoms with Gasteiger partial charge in [0.25, 0.3) is 5.91 Å². The smallest absolute Gasteiger partial charge is 0.255 e. The lowest BCUT2D eigenvalue weighted by atomic mass is 10.1. The molecule has 0 radical (unpaired) electrons. The Morgan fingerprint density at radius 3 is 2.52 bits per heavy atom. The Hall–Kier alpha value is -3.47.